The standard InChI is InChI=1S/C15H21BrN2O.ClH/c1-10(2)8-14(17)15(19)18-7-6-12-11(9-18)4-3-5-13(12)16;/h3-5,10,14H,6-9,17H2,1-2H3;1H/t14-;/m0./s1. The number of hydrogen-bond acceptors (Lipinski definition) is 2. The Bertz CT molecular complexity index is 479. The zero-order valence-electron chi connectivity index (χ0n) is 11.9. The summed E-state index contributed by atoms with van der Waals surface area (Å²) >= 11 is 3.57. The van der Waals surface area contributed by atoms with Gasteiger partial charge in [-0.15, -0.1) is 12.4 Å². The Morgan fingerprint density at radius 1 is 1.45 bits per heavy atom. The summed E-state index contributed by atoms with van der Waals surface area (Å²) in [6.45, 7) is 5.63. The van der Waals surface area contributed by atoms with Gasteiger partial charge in [-0.05, 0) is 36.0 Å². The van der Waals surface area contributed by atoms with Gasteiger partial charge in [-0.25, -0.2) is 0 Å². The number of carbonyl (C=O) groups is 1. The average molecular weight is 362 g/mol. The number of rotatable bonds is 3. The van der Waals surface area contributed by atoms with E-state index in [4.69, 9.17) is 5.73 Å². The quantitative estimate of drug-likeness (QED) is 0.899. The molecule has 0 radical (unpaired) electrons. The number of halogens is 2. The van der Waals surface area contributed by atoms with Crippen LogP contribution in [-0.2, 0) is 17.8 Å². The Hall–Kier alpha value is -0.580. The first-order valence-corrected chi connectivity index (χ1v) is 7.59. The lowest BCUT2D eigenvalue weighted by atomic mass is 9.98. The molecule has 5 heteroatoms. The molecule has 112 valence electrons. The largest absolute Gasteiger partial charge is 0.337 e. The van der Waals surface area contributed by atoms with Crippen molar-refractivity contribution >= 4 is 34.2 Å². The summed E-state index contributed by atoms with van der Waals surface area (Å²) in [6, 6.07) is 5.80. The van der Waals surface area contributed by atoms with Crippen LogP contribution in [0.4, 0.5) is 0 Å². The SMILES string of the molecule is CC(C)C[C@H](N)C(=O)N1CCc2c(Br)cccc2C1.Cl. The molecule has 1 heterocycles. The summed E-state index contributed by atoms with van der Waals surface area (Å²) in [6.07, 6.45) is 1.65. The van der Waals surface area contributed by atoms with Crippen molar-refractivity contribution in [2.45, 2.75) is 39.3 Å². The minimum absolute atomic E-state index is 0. The summed E-state index contributed by atoms with van der Waals surface area (Å²) in [7, 11) is 0. The average Bonchev–Trinajstić information content (AvgIpc) is 2.37. The minimum Gasteiger partial charge on any atom is -0.337 e. The predicted molar refractivity (Wildman–Crippen MR) is 87.9 cm³/mol. The second kappa shape index (κ2) is 7.43. The molecule has 1 amide bonds. The molecule has 0 spiro atoms. The Kier molecular flexibility index (Phi) is 6.49. The highest BCUT2D eigenvalue weighted by Gasteiger charge is 2.26. The van der Waals surface area contributed by atoms with Crippen LogP contribution in [0.3, 0.4) is 0 Å². The van der Waals surface area contributed by atoms with Crippen molar-refractivity contribution in [2.24, 2.45) is 11.7 Å². The van der Waals surface area contributed by atoms with Gasteiger partial charge < -0.3 is 10.6 Å². The van der Waals surface area contributed by atoms with Crippen LogP contribution in [0.5, 0.6) is 0 Å². The van der Waals surface area contributed by atoms with Crippen molar-refractivity contribution in [1.82, 2.24) is 4.90 Å². The third-order valence-electron chi connectivity index (χ3n) is 3.56. The van der Waals surface area contributed by atoms with E-state index in [0.29, 0.717) is 12.5 Å². The molecule has 2 rings (SSSR count). The van der Waals surface area contributed by atoms with E-state index in [2.05, 4.69) is 41.9 Å². The fourth-order valence-corrected chi connectivity index (χ4v) is 3.20. The number of hydrogen-bond donors (Lipinski definition) is 1. The van der Waals surface area contributed by atoms with Crippen LogP contribution in [0.15, 0.2) is 22.7 Å². The van der Waals surface area contributed by atoms with E-state index < -0.39 is 0 Å². The normalized spacial score (nSPS) is 15.6. The van der Waals surface area contributed by atoms with Crippen LogP contribution in [0, 0.1) is 5.92 Å². The van der Waals surface area contributed by atoms with E-state index in [-0.39, 0.29) is 24.4 Å². The Morgan fingerprint density at radius 3 is 2.80 bits per heavy atom. The van der Waals surface area contributed by atoms with Gasteiger partial charge in [0.2, 0.25) is 5.91 Å². The molecule has 1 aromatic rings. The summed E-state index contributed by atoms with van der Waals surface area (Å²) < 4.78 is 1.14. The third kappa shape index (κ3) is 3.96. The van der Waals surface area contributed by atoms with Crippen LogP contribution in [0.2, 0.25) is 0 Å². The van der Waals surface area contributed by atoms with Crippen LogP contribution in [0.1, 0.15) is 31.4 Å². The van der Waals surface area contributed by atoms with E-state index in [9.17, 15) is 4.79 Å². The number of benzene rings is 1. The summed E-state index contributed by atoms with van der Waals surface area (Å²) in [5, 5.41) is 0. The molecule has 1 atom stereocenters. The predicted octanol–water partition coefficient (Wildman–Crippen LogP) is 3.13. The van der Waals surface area contributed by atoms with Gasteiger partial charge in [-0.2, -0.15) is 0 Å². The Morgan fingerprint density at radius 2 is 2.15 bits per heavy atom. The van der Waals surface area contributed by atoms with Gasteiger partial charge in [-0.3, -0.25) is 4.79 Å². The fraction of sp³-hybridized carbons (Fsp3) is 0.533. The topological polar surface area (TPSA) is 46.3 Å². The van der Waals surface area contributed by atoms with Gasteiger partial charge in [0.1, 0.15) is 0 Å². The van der Waals surface area contributed by atoms with Crippen LogP contribution in [-0.4, -0.2) is 23.4 Å². The van der Waals surface area contributed by atoms with E-state index in [1.165, 1.54) is 11.1 Å². The van der Waals surface area contributed by atoms with E-state index >= 15 is 0 Å². The first kappa shape index (κ1) is 17.5. The highest BCUT2D eigenvalue weighted by Crippen LogP contribution is 2.26. The number of amides is 1. The number of fused-ring (bicyclic) bond motifs is 1. The zero-order valence-corrected chi connectivity index (χ0v) is 14.3. The molecule has 0 unspecified atom stereocenters. The van der Waals surface area contributed by atoms with Gasteiger partial charge in [0.25, 0.3) is 0 Å². The smallest absolute Gasteiger partial charge is 0.239 e. The van der Waals surface area contributed by atoms with Gasteiger partial charge in [-0.1, -0.05) is 41.9 Å². The van der Waals surface area contributed by atoms with Gasteiger partial charge in [0.15, 0.2) is 0 Å². The lowest BCUT2D eigenvalue weighted by molar-refractivity contribution is -0.133. The highest BCUT2D eigenvalue weighted by atomic mass is 79.9. The molecule has 0 aliphatic carbocycles. The third-order valence-corrected chi connectivity index (χ3v) is 4.31. The molecule has 0 bridgehead atoms. The summed E-state index contributed by atoms with van der Waals surface area (Å²) in [5.41, 5.74) is 8.55. The van der Waals surface area contributed by atoms with Gasteiger partial charge in [0, 0.05) is 17.6 Å². The number of nitrogens with two attached hydrogens (primary N) is 1. The van der Waals surface area contributed by atoms with Crippen molar-refractivity contribution in [3.8, 4) is 0 Å². The Balaban J connectivity index is 0.00000200. The van der Waals surface area contributed by atoms with Crippen molar-refractivity contribution in [1.29, 1.82) is 0 Å². The van der Waals surface area contributed by atoms with Crippen molar-refractivity contribution < 1.29 is 4.79 Å². The molecule has 0 aromatic heterocycles. The zero-order chi connectivity index (χ0) is 14.0. The maximum Gasteiger partial charge on any atom is 0.239 e. The summed E-state index contributed by atoms with van der Waals surface area (Å²) in [5.74, 6) is 0.532. The molecular weight excluding hydrogens is 340 g/mol. The molecule has 2 N–H and O–H groups in total. The first-order valence-electron chi connectivity index (χ1n) is 6.79. The maximum atomic E-state index is 12.3. The first-order chi connectivity index (χ1) is 8.99. The molecule has 0 fully saturated rings. The molecular formula is C15H22BrClN2O. The molecule has 20 heavy (non-hydrogen) atoms. The van der Waals surface area contributed by atoms with Crippen LogP contribution >= 0.6 is 28.3 Å². The highest BCUT2D eigenvalue weighted by molar-refractivity contribution is 9.10. The fourth-order valence-electron chi connectivity index (χ4n) is 2.59. The molecule has 1 aliphatic rings. The lowest BCUT2D eigenvalue weighted by Gasteiger charge is -2.31. The second-order valence-corrected chi connectivity index (χ2v) is 6.48. The molecule has 1 aromatic carbocycles. The Labute approximate surface area is 135 Å². The van der Waals surface area contributed by atoms with E-state index in [0.717, 1.165) is 23.9 Å². The van der Waals surface area contributed by atoms with E-state index in [1.807, 2.05) is 11.0 Å². The van der Waals surface area contributed by atoms with Gasteiger partial charge in [0.05, 0.1) is 6.04 Å². The lowest BCUT2D eigenvalue weighted by Crippen LogP contribution is -2.46. The summed E-state index contributed by atoms with van der Waals surface area (Å²) in [4.78, 5) is 14.2. The van der Waals surface area contributed by atoms with E-state index in [1.54, 1.807) is 0 Å². The molecule has 0 saturated heterocycles. The number of nitrogens with zero attached hydrogens (tertiary/aromatic N) is 1. The monoisotopic (exact) mass is 360 g/mol. The molecule has 1 aliphatic heterocycles. The van der Waals surface area contributed by atoms with Crippen molar-refractivity contribution in [3.63, 3.8) is 0 Å². The van der Waals surface area contributed by atoms with Gasteiger partial charge >= 0.3 is 0 Å². The minimum atomic E-state index is -0.367. The maximum absolute atomic E-state index is 12.3. The molecule has 3 nitrogen and oxygen atoms in total. The second-order valence-electron chi connectivity index (χ2n) is 5.62. The number of carbonyl (C=O) groups excluding carboxylic acids is 1. The van der Waals surface area contributed by atoms with Crippen molar-refractivity contribution in [2.75, 3.05) is 6.54 Å². The van der Waals surface area contributed by atoms with Crippen LogP contribution < -0.4 is 5.73 Å². The van der Waals surface area contributed by atoms with Crippen LogP contribution in [0.25, 0.3) is 0 Å². The van der Waals surface area contributed by atoms with Crippen molar-refractivity contribution in [3.05, 3.63) is 33.8 Å². The molecule has 0 saturated carbocycles.